The standard InChI is InChI=1S/C13H16N2O3/c1-9(2)7-12(16)15-11-8-10(5-6-14-11)3-4-13(17)18/h3-6,8-9H,7H2,1-2H3,(H,17,18)(H,14,15,16)/b4-3+. The molecule has 5 heteroatoms. The van der Waals surface area contributed by atoms with Crippen molar-refractivity contribution in [2.75, 3.05) is 5.32 Å². The first-order valence-electron chi connectivity index (χ1n) is 5.64. The molecule has 1 heterocycles. The van der Waals surface area contributed by atoms with Gasteiger partial charge in [0, 0.05) is 18.7 Å². The van der Waals surface area contributed by atoms with Crippen LogP contribution in [0.15, 0.2) is 24.4 Å². The summed E-state index contributed by atoms with van der Waals surface area (Å²) in [7, 11) is 0. The average Bonchev–Trinajstić information content (AvgIpc) is 2.25. The second-order valence-corrected chi connectivity index (χ2v) is 4.29. The van der Waals surface area contributed by atoms with Crippen molar-refractivity contribution in [3.63, 3.8) is 0 Å². The number of hydrogen-bond donors (Lipinski definition) is 2. The van der Waals surface area contributed by atoms with Crippen LogP contribution in [0.25, 0.3) is 6.08 Å². The third kappa shape index (κ3) is 5.25. The first kappa shape index (κ1) is 13.9. The van der Waals surface area contributed by atoms with Gasteiger partial charge in [-0.05, 0) is 29.7 Å². The topological polar surface area (TPSA) is 79.3 Å². The Labute approximate surface area is 106 Å². The minimum Gasteiger partial charge on any atom is -0.478 e. The number of carbonyl (C=O) groups is 2. The smallest absolute Gasteiger partial charge is 0.328 e. The van der Waals surface area contributed by atoms with Crippen LogP contribution in [0.5, 0.6) is 0 Å². The van der Waals surface area contributed by atoms with Crippen LogP contribution in [0.4, 0.5) is 5.82 Å². The molecule has 1 amide bonds. The highest BCUT2D eigenvalue weighted by Gasteiger charge is 2.05. The lowest BCUT2D eigenvalue weighted by atomic mass is 10.1. The summed E-state index contributed by atoms with van der Waals surface area (Å²) in [4.78, 5) is 25.9. The van der Waals surface area contributed by atoms with E-state index < -0.39 is 5.97 Å². The van der Waals surface area contributed by atoms with Crippen molar-refractivity contribution in [3.8, 4) is 0 Å². The molecule has 0 aliphatic heterocycles. The lowest BCUT2D eigenvalue weighted by Crippen LogP contribution is -2.14. The van der Waals surface area contributed by atoms with Crippen molar-refractivity contribution < 1.29 is 14.7 Å². The largest absolute Gasteiger partial charge is 0.478 e. The van der Waals surface area contributed by atoms with Gasteiger partial charge in [0.25, 0.3) is 0 Å². The number of aromatic nitrogens is 1. The zero-order chi connectivity index (χ0) is 13.5. The van der Waals surface area contributed by atoms with Crippen molar-refractivity contribution in [2.24, 2.45) is 5.92 Å². The van der Waals surface area contributed by atoms with E-state index >= 15 is 0 Å². The summed E-state index contributed by atoms with van der Waals surface area (Å²) in [6, 6.07) is 3.29. The average molecular weight is 248 g/mol. The van der Waals surface area contributed by atoms with Crippen LogP contribution in [0.3, 0.4) is 0 Å². The Morgan fingerprint density at radius 3 is 2.83 bits per heavy atom. The normalized spacial score (nSPS) is 10.8. The summed E-state index contributed by atoms with van der Waals surface area (Å²) in [6.07, 6.45) is 4.43. The van der Waals surface area contributed by atoms with Crippen LogP contribution in [-0.4, -0.2) is 22.0 Å². The summed E-state index contributed by atoms with van der Waals surface area (Å²) < 4.78 is 0. The van der Waals surface area contributed by atoms with Crippen molar-refractivity contribution in [3.05, 3.63) is 30.0 Å². The molecule has 0 unspecified atom stereocenters. The first-order valence-corrected chi connectivity index (χ1v) is 5.64. The van der Waals surface area contributed by atoms with Gasteiger partial charge in [-0.2, -0.15) is 0 Å². The van der Waals surface area contributed by atoms with Gasteiger partial charge in [-0.15, -0.1) is 0 Å². The number of nitrogens with zero attached hydrogens (tertiary/aromatic N) is 1. The highest BCUT2D eigenvalue weighted by Crippen LogP contribution is 2.10. The highest BCUT2D eigenvalue weighted by molar-refractivity contribution is 5.90. The Morgan fingerprint density at radius 2 is 2.22 bits per heavy atom. The molecule has 0 fully saturated rings. The molecule has 0 aromatic carbocycles. The molecule has 0 spiro atoms. The maximum atomic E-state index is 11.5. The van der Waals surface area contributed by atoms with Crippen molar-refractivity contribution in [2.45, 2.75) is 20.3 Å². The number of pyridine rings is 1. The Hall–Kier alpha value is -2.17. The summed E-state index contributed by atoms with van der Waals surface area (Å²) in [5.41, 5.74) is 0.673. The Morgan fingerprint density at radius 1 is 1.50 bits per heavy atom. The van der Waals surface area contributed by atoms with Crippen LogP contribution < -0.4 is 5.32 Å². The van der Waals surface area contributed by atoms with E-state index in [4.69, 9.17) is 5.11 Å². The quantitative estimate of drug-likeness (QED) is 0.782. The SMILES string of the molecule is CC(C)CC(=O)Nc1cc(/C=C/C(=O)O)ccn1. The van der Waals surface area contributed by atoms with Gasteiger partial charge in [-0.25, -0.2) is 9.78 Å². The Balaban J connectivity index is 2.70. The van der Waals surface area contributed by atoms with Crippen molar-refractivity contribution in [1.29, 1.82) is 0 Å². The number of anilines is 1. The molecule has 0 aliphatic rings. The number of rotatable bonds is 5. The third-order valence-electron chi connectivity index (χ3n) is 2.06. The fourth-order valence-electron chi connectivity index (χ4n) is 1.35. The molecule has 0 bridgehead atoms. The molecule has 96 valence electrons. The molecule has 0 aliphatic carbocycles. The van der Waals surface area contributed by atoms with E-state index in [-0.39, 0.29) is 11.8 Å². The predicted octanol–water partition coefficient (Wildman–Crippen LogP) is 2.16. The lowest BCUT2D eigenvalue weighted by molar-refractivity contribution is -0.131. The number of nitrogens with one attached hydrogen (secondary N) is 1. The molecule has 2 N–H and O–H groups in total. The van der Waals surface area contributed by atoms with Crippen LogP contribution >= 0.6 is 0 Å². The Kier molecular flexibility index (Phi) is 5.05. The minimum atomic E-state index is -1.02. The maximum Gasteiger partial charge on any atom is 0.328 e. The molecule has 1 aromatic heterocycles. The van der Waals surface area contributed by atoms with E-state index in [9.17, 15) is 9.59 Å². The number of aliphatic carboxylic acids is 1. The van der Waals surface area contributed by atoms with Gasteiger partial charge >= 0.3 is 5.97 Å². The molecule has 1 aromatic rings. The van der Waals surface area contributed by atoms with Gasteiger partial charge in [-0.1, -0.05) is 13.8 Å². The van der Waals surface area contributed by atoms with E-state index in [2.05, 4.69) is 10.3 Å². The van der Waals surface area contributed by atoms with Gasteiger partial charge in [0.15, 0.2) is 0 Å². The molecule has 1 rings (SSSR count). The molecular formula is C13H16N2O3. The van der Waals surface area contributed by atoms with Crippen LogP contribution in [-0.2, 0) is 9.59 Å². The van der Waals surface area contributed by atoms with Crippen molar-refractivity contribution in [1.82, 2.24) is 4.98 Å². The van der Waals surface area contributed by atoms with Gasteiger partial charge in [-0.3, -0.25) is 4.79 Å². The van der Waals surface area contributed by atoms with Gasteiger partial charge in [0.2, 0.25) is 5.91 Å². The monoisotopic (exact) mass is 248 g/mol. The highest BCUT2D eigenvalue weighted by atomic mass is 16.4. The summed E-state index contributed by atoms with van der Waals surface area (Å²) in [5, 5.41) is 11.2. The molecular weight excluding hydrogens is 232 g/mol. The first-order chi connectivity index (χ1) is 8.47. The van der Waals surface area contributed by atoms with E-state index in [1.165, 1.54) is 12.3 Å². The zero-order valence-corrected chi connectivity index (χ0v) is 10.4. The number of hydrogen-bond acceptors (Lipinski definition) is 3. The number of carbonyl (C=O) groups excluding carboxylic acids is 1. The second-order valence-electron chi connectivity index (χ2n) is 4.29. The van der Waals surface area contributed by atoms with E-state index in [1.807, 2.05) is 13.8 Å². The van der Waals surface area contributed by atoms with E-state index in [1.54, 1.807) is 12.1 Å². The fourth-order valence-corrected chi connectivity index (χ4v) is 1.35. The molecule has 18 heavy (non-hydrogen) atoms. The van der Waals surface area contributed by atoms with E-state index in [0.717, 1.165) is 6.08 Å². The van der Waals surface area contributed by atoms with E-state index in [0.29, 0.717) is 17.8 Å². The van der Waals surface area contributed by atoms with Crippen LogP contribution in [0.2, 0.25) is 0 Å². The van der Waals surface area contributed by atoms with Gasteiger partial charge in [0.1, 0.15) is 5.82 Å². The third-order valence-corrected chi connectivity index (χ3v) is 2.06. The van der Waals surface area contributed by atoms with Crippen molar-refractivity contribution >= 4 is 23.8 Å². The lowest BCUT2D eigenvalue weighted by Gasteiger charge is -2.06. The van der Waals surface area contributed by atoms with Crippen LogP contribution in [0, 0.1) is 5.92 Å². The Bertz CT molecular complexity index is 467. The van der Waals surface area contributed by atoms with Gasteiger partial charge < -0.3 is 10.4 Å². The predicted molar refractivity (Wildman–Crippen MR) is 69.0 cm³/mol. The minimum absolute atomic E-state index is 0.100. The number of amides is 1. The maximum absolute atomic E-state index is 11.5. The van der Waals surface area contributed by atoms with Gasteiger partial charge in [0.05, 0.1) is 0 Å². The second kappa shape index (κ2) is 6.54. The number of carboxylic acids is 1. The zero-order valence-electron chi connectivity index (χ0n) is 10.4. The summed E-state index contributed by atoms with van der Waals surface area (Å²) in [5.74, 6) is -0.414. The van der Waals surface area contributed by atoms with Crippen LogP contribution in [0.1, 0.15) is 25.8 Å². The molecule has 0 saturated heterocycles. The summed E-state index contributed by atoms with van der Waals surface area (Å²) >= 11 is 0. The molecule has 0 atom stereocenters. The fraction of sp³-hybridized carbons (Fsp3) is 0.308. The number of carboxylic acid groups (broad SMARTS) is 1. The molecule has 0 saturated carbocycles. The summed E-state index contributed by atoms with van der Waals surface area (Å²) in [6.45, 7) is 3.91. The molecule has 5 nitrogen and oxygen atoms in total. The molecule has 0 radical (unpaired) electrons.